The van der Waals surface area contributed by atoms with Gasteiger partial charge in [0, 0.05) is 21.5 Å². The van der Waals surface area contributed by atoms with E-state index in [1.807, 2.05) is 25.1 Å². The number of hydrogen-bond donors (Lipinski definition) is 2. The molecule has 0 radical (unpaired) electrons. The fraction of sp³-hybridized carbons (Fsp3) is 0.0588. The van der Waals surface area contributed by atoms with Gasteiger partial charge in [-0.05, 0) is 59.7 Å². The number of fused-ring (bicyclic) bond motifs is 1. The smallest absolute Gasteiger partial charge is 0.0405 e. The van der Waals surface area contributed by atoms with E-state index in [4.69, 9.17) is 5.73 Å². The highest BCUT2D eigenvalue weighted by Gasteiger charge is 2.00. The minimum atomic E-state index is 0.805. The number of benzene rings is 3. The summed E-state index contributed by atoms with van der Waals surface area (Å²) in [5.41, 5.74) is 9.90. The van der Waals surface area contributed by atoms with Crippen molar-refractivity contribution in [2.24, 2.45) is 0 Å². The van der Waals surface area contributed by atoms with Crippen molar-refractivity contribution in [2.75, 3.05) is 11.1 Å². The summed E-state index contributed by atoms with van der Waals surface area (Å²) in [5.74, 6) is 0. The van der Waals surface area contributed by atoms with Gasteiger partial charge in [0.25, 0.3) is 0 Å². The van der Waals surface area contributed by atoms with E-state index < -0.39 is 0 Å². The second-order valence-electron chi connectivity index (χ2n) is 4.90. The van der Waals surface area contributed by atoms with E-state index >= 15 is 0 Å². The number of aryl methyl sites for hydroxylation is 1. The highest BCUT2D eigenvalue weighted by molar-refractivity contribution is 9.10. The van der Waals surface area contributed by atoms with E-state index in [2.05, 4.69) is 57.6 Å². The summed E-state index contributed by atoms with van der Waals surface area (Å²) < 4.78 is 1.09. The number of halogens is 1. The average Bonchev–Trinajstić information content (AvgIpc) is 2.43. The third-order valence-electron chi connectivity index (χ3n) is 3.37. The third kappa shape index (κ3) is 2.63. The van der Waals surface area contributed by atoms with Crippen molar-refractivity contribution in [2.45, 2.75) is 6.92 Å². The molecular formula is C17H15BrN2. The van der Waals surface area contributed by atoms with Crippen LogP contribution < -0.4 is 11.1 Å². The summed E-state index contributed by atoms with van der Waals surface area (Å²) in [6.45, 7) is 2.01. The predicted molar refractivity (Wildman–Crippen MR) is 90.5 cm³/mol. The van der Waals surface area contributed by atoms with E-state index in [9.17, 15) is 0 Å². The number of hydrogen-bond acceptors (Lipinski definition) is 2. The molecule has 3 N–H and O–H groups in total. The number of nitrogen functional groups attached to an aromatic ring is 1. The van der Waals surface area contributed by atoms with E-state index in [0.29, 0.717) is 0 Å². The Morgan fingerprint density at radius 1 is 0.850 bits per heavy atom. The largest absolute Gasteiger partial charge is 0.398 e. The second-order valence-corrected chi connectivity index (χ2v) is 5.82. The molecular weight excluding hydrogens is 312 g/mol. The summed E-state index contributed by atoms with van der Waals surface area (Å²) in [6.07, 6.45) is 0. The third-order valence-corrected chi connectivity index (χ3v) is 3.86. The van der Waals surface area contributed by atoms with E-state index in [-0.39, 0.29) is 0 Å². The molecule has 0 aromatic heterocycles. The molecule has 0 heterocycles. The molecule has 3 rings (SSSR count). The topological polar surface area (TPSA) is 38.0 Å². The van der Waals surface area contributed by atoms with Gasteiger partial charge in [0.1, 0.15) is 0 Å². The summed E-state index contributed by atoms with van der Waals surface area (Å²) >= 11 is 3.49. The molecule has 0 aliphatic heterocycles. The van der Waals surface area contributed by atoms with Crippen molar-refractivity contribution < 1.29 is 0 Å². The second kappa shape index (κ2) is 5.17. The van der Waals surface area contributed by atoms with Crippen LogP contribution in [0.5, 0.6) is 0 Å². The van der Waals surface area contributed by atoms with Crippen LogP contribution in [0.15, 0.2) is 59.1 Å². The van der Waals surface area contributed by atoms with Gasteiger partial charge in [-0.15, -0.1) is 0 Å². The van der Waals surface area contributed by atoms with Gasteiger partial charge in [0.15, 0.2) is 0 Å². The maximum Gasteiger partial charge on any atom is 0.0405 e. The van der Waals surface area contributed by atoms with E-state index in [1.54, 1.807) is 0 Å². The number of anilines is 3. The molecule has 2 nitrogen and oxygen atoms in total. The van der Waals surface area contributed by atoms with Crippen LogP contribution in [-0.4, -0.2) is 0 Å². The summed E-state index contributed by atoms with van der Waals surface area (Å²) in [4.78, 5) is 0. The monoisotopic (exact) mass is 326 g/mol. The Balaban J connectivity index is 1.94. The SMILES string of the molecule is Cc1ccc(Nc2ccc3cc(Br)ccc3c2)cc1N. The Morgan fingerprint density at radius 3 is 2.30 bits per heavy atom. The number of nitrogens with two attached hydrogens (primary N) is 1. The maximum absolute atomic E-state index is 5.94. The quantitative estimate of drug-likeness (QED) is 0.632. The van der Waals surface area contributed by atoms with Crippen molar-refractivity contribution in [3.63, 3.8) is 0 Å². The number of rotatable bonds is 2. The van der Waals surface area contributed by atoms with Crippen LogP contribution in [0.25, 0.3) is 10.8 Å². The molecule has 20 heavy (non-hydrogen) atoms. The Labute approximate surface area is 126 Å². The Bertz CT molecular complexity index is 781. The summed E-state index contributed by atoms with van der Waals surface area (Å²) in [6, 6.07) is 18.6. The molecule has 3 aromatic carbocycles. The highest BCUT2D eigenvalue weighted by atomic mass is 79.9. The van der Waals surface area contributed by atoms with Crippen molar-refractivity contribution in [1.82, 2.24) is 0 Å². The average molecular weight is 327 g/mol. The fourth-order valence-corrected chi connectivity index (χ4v) is 2.56. The van der Waals surface area contributed by atoms with Crippen LogP contribution in [0.2, 0.25) is 0 Å². The van der Waals surface area contributed by atoms with Gasteiger partial charge >= 0.3 is 0 Å². The molecule has 3 heteroatoms. The van der Waals surface area contributed by atoms with Crippen LogP contribution in [0.4, 0.5) is 17.1 Å². The maximum atomic E-state index is 5.94. The first kappa shape index (κ1) is 13.0. The lowest BCUT2D eigenvalue weighted by Gasteiger charge is -2.10. The normalized spacial score (nSPS) is 10.7. The van der Waals surface area contributed by atoms with Crippen molar-refractivity contribution in [1.29, 1.82) is 0 Å². The van der Waals surface area contributed by atoms with Crippen molar-refractivity contribution in [3.05, 3.63) is 64.6 Å². The molecule has 0 amide bonds. The Hall–Kier alpha value is -2.00. The zero-order valence-corrected chi connectivity index (χ0v) is 12.7. The van der Waals surface area contributed by atoms with Crippen LogP contribution in [0, 0.1) is 6.92 Å². The summed E-state index contributed by atoms with van der Waals surface area (Å²) in [5, 5.41) is 5.81. The lowest BCUT2D eigenvalue weighted by atomic mass is 10.1. The van der Waals surface area contributed by atoms with Crippen LogP contribution in [0.3, 0.4) is 0 Å². The number of nitrogens with one attached hydrogen (secondary N) is 1. The molecule has 100 valence electrons. The Kier molecular flexibility index (Phi) is 3.36. The van der Waals surface area contributed by atoms with Gasteiger partial charge < -0.3 is 11.1 Å². The van der Waals surface area contributed by atoms with Crippen molar-refractivity contribution in [3.8, 4) is 0 Å². The first-order valence-corrected chi connectivity index (χ1v) is 7.23. The first-order chi connectivity index (χ1) is 9.61. The van der Waals surface area contributed by atoms with Crippen LogP contribution >= 0.6 is 15.9 Å². The van der Waals surface area contributed by atoms with E-state index in [0.717, 1.165) is 27.1 Å². The van der Waals surface area contributed by atoms with Crippen molar-refractivity contribution >= 4 is 43.8 Å². The van der Waals surface area contributed by atoms with E-state index in [1.165, 1.54) is 10.8 Å². The lowest BCUT2D eigenvalue weighted by Crippen LogP contribution is -1.94. The standard InChI is InChI=1S/C17H15BrN2/c1-11-2-6-16(10-17(11)19)20-15-7-4-12-8-14(18)5-3-13(12)9-15/h2-10,20H,19H2,1H3. The molecule has 0 fully saturated rings. The van der Waals surface area contributed by atoms with Gasteiger partial charge in [0.2, 0.25) is 0 Å². The molecule has 3 aromatic rings. The molecule has 0 aliphatic carbocycles. The zero-order chi connectivity index (χ0) is 14.1. The lowest BCUT2D eigenvalue weighted by molar-refractivity contribution is 1.46. The van der Waals surface area contributed by atoms with Gasteiger partial charge in [-0.3, -0.25) is 0 Å². The first-order valence-electron chi connectivity index (χ1n) is 6.44. The van der Waals surface area contributed by atoms with Gasteiger partial charge in [-0.1, -0.05) is 34.1 Å². The molecule has 0 atom stereocenters. The van der Waals surface area contributed by atoms with Crippen LogP contribution in [-0.2, 0) is 0 Å². The molecule has 0 spiro atoms. The zero-order valence-electron chi connectivity index (χ0n) is 11.2. The molecule has 0 bridgehead atoms. The molecule has 0 saturated carbocycles. The minimum absolute atomic E-state index is 0.805. The Morgan fingerprint density at radius 2 is 1.50 bits per heavy atom. The molecule has 0 saturated heterocycles. The minimum Gasteiger partial charge on any atom is -0.398 e. The predicted octanol–water partition coefficient (Wildman–Crippen LogP) is 5.24. The molecule has 0 aliphatic rings. The highest BCUT2D eigenvalue weighted by Crippen LogP contribution is 2.26. The van der Waals surface area contributed by atoms with Gasteiger partial charge in [-0.2, -0.15) is 0 Å². The van der Waals surface area contributed by atoms with Crippen LogP contribution in [0.1, 0.15) is 5.56 Å². The van der Waals surface area contributed by atoms with Gasteiger partial charge in [0.05, 0.1) is 0 Å². The molecule has 0 unspecified atom stereocenters. The van der Waals surface area contributed by atoms with Gasteiger partial charge in [-0.25, -0.2) is 0 Å². The summed E-state index contributed by atoms with van der Waals surface area (Å²) in [7, 11) is 0. The fourth-order valence-electron chi connectivity index (χ4n) is 2.18.